The molecular formula is C50H34O. The van der Waals surface area contributed by atoms with E-state index in [1.165, 1.54) is 82.2 Å². The van der Waals surface area contributed by atoms with Crippen molar-refractivity contribution in [2.24, 2.45) is 0 Å². The summed E-state index contributed by atoms with van der Waals surface area (Å²) in [6.45, 7) is 4.30. The van der Waals surface area contributed by atoms with E-state index in [0.717, 1.165) is 27.7 Å². The predicted molar refractivity (Wildman–Crippen MR) is 217 cm³/mol. The van der Waals surface area contributed by atoms with E-state index in [0.29, 0.717) is 0 Å². The van der Waals surface area contributed by atoms with E-state index in [4.69, 9.17) is 4.42 Å². The molecule has 0 aliphatic carbocycles. The smallest absolute Gasteiger partial charge is 0.143 e. The molecule has 9 aromatic carbocycles. The molecule has 0 saturated heterocycles. The topological polar surface area (TPSA) is 13.1 Å². The molecule has 0 unspecified atom stereocenters. The minimum absolute atomic E-state index is 0.913. The lowest BCUT2D eigenvalue weighted by molar-refractivity contribution is 0.670. The Hall–Kier alpha value is -6.44. The normalized spacial score (nSPS) is 11.7. The average molecular weight is 651 g/mol. The van der Waals surface area contributed by atoms with E-state index in [1.54, 1.807) is 0 Å². The van der Waals surface area contributed by atoms with Gasteiger partial charge in [-0.15, -0.1) is 0 Å². The van der Waals surface area contributed by atoms with Gasteiger partial charge in [0.1, 0.15) is 11.2 Å². The third-order valence-electron chi connectivity index (χ3n) is 10.6. The summed E-state index contributed by atoms with van der Waals surface area (Å²) in [4.78, 5) is 0. The van der Waals surface area contributed by atoms with Crippen LogP contribution in [-0.4, -0.2) is 0 Å². The molecule has 0 aliphatic rings. The van der Waals surface area contributed by atoms with Crippen LogP contribution in [-0.2, 0) is 0 Å². The summed E-state index contributed by atoms with van der Waals surface area (Å²) < 4.78 is 6.63. The van der Waals surface area contributed by atoms with E-state index in [9.17, 15) is 0 Å². The van der Waals surface area contributed by atoms with Crippen molar-refractivity contribution in [1.82, 2.24) is 0 Å². The van der Waals surface area contributed by atoms with E-state index in [1.807, 2.05) is 6.07 Å². The SMILES string of the molecule is Cc1ccc(-c2c3ccccc3c(-c3ccc(C)cc3)c3cc(-c4cccc(-c5cc6ccccc6c6c5oc5ccccc56)c4)ccc23)cc1. The van der Waals surface area contributed by atoms with Gasteiger partial charge in [-0.1, -0.05) is 157 Å². The first-order chi connectivity index (χ1) is 25.1. The Labute approximate surface area is 297 Å². The van der Waals surface area contributed by atoms with E-state index < -0.39 is 0 Å². The van der Waals surface area contributed by atoms with Crippen LogP contribution in [0.25, 0.3) is 98.8 Å². The van der Waals surface area contributed by atoms with Gasteiger partial charge in [-0.25, -0.2) is 0 Å². The Morgan fingerprint density at radius 1 is 0.353 bits per heavy atom. The Morgan fingerprint density at radius 3 is 1.59 bits per heavy atom. The van der Waals surface area contributed by atoms with Crippen molar-refractivity contribution in [3.05, 3.63) is 181 Å². The second-order valence-corrected chi connectivity index (χ2v) is 13.8. The maximum absolute atomic E-state index is 6.63. The molecule has 0 spiro atoms. The molecule has 1 heterocycles. The summed E-state index contributed by atoms with van der Waals surface area (Å²) in [6, 6.07) is 62.1. The summed E-state index contributed by atoms with van der Waals surface area (Å²) in [7, 11) is 0. The zero-order valence-corrected chi connectivity index (χ0v) is 28.6. The van der Waals surface area contributed by atoms with Crippen LogP contribution in [0.1, 0.15) is 11.1 Å². The van der Waals surface area contributed by atoms with Crippen LogP contribution in [0, 0.1) is 13.8 Å². The first-order valence-corrected chi connectivity index (χ1v) is 17.7. The number of rotatable bonds is 4. The van der Waals surface area contributed by atoms with Gasteiger partial charge in [0.2, 0.25) is 0 Å². The molecule has 0 radical (unpaired) electrons. The number of benzene rings is 9. The van der Waals surface area contributed by atoms with Gasteiger partial charge in [0.15, 0.2) is 0 Å². The van der Waals surface area contributed by atoms with Crippen molar-refractivity contribution < 1.29 is 4.42 Å². The Morgan fingerprint density at radius 2 is 0.882 bits per heavy atom. The molecule has 0 N–H and O–H groups in total. The fourth-order valence-corrected chi connectivity index (χ4v) is 8.08. The van der Waals surface area contributed by atoms with Gasteiger partial charge >= 0.3 is 0 Å². The van der Waals surface area contributed by atoms with Crippen molar-refractivity contribution in [2.75, 3.05) is 0 Å². The molecule has 0 aliphatic heterocycles. The second-order valence-electron chi connectivity index (χ2n) is 13.8. The first kappa shape index (κ1) is 29.5. The quantitative estimate of drug-likeness (QED) is 0.173. The summed E-state index contributed by atoms with van der Waals surface area (Å²) >= 11 is 0. The third-order valence-corrected chi connectivity index (χ3v) is 10.6. The maximum atomic E-state index is 6.63. The molecule has 1 heteroatoms. The van der Waals surface area contributed by atoms with Crippen LogP contribution in [0.2, 0.25) is 0 Å². The standard InChI is InChI=1S/C50H34O/c1-31-18-22-33(23-19-31)47-40-14-5-6-15-41(40)48(34-24-20-32(2)21-25-34)45-29-36(26-27-42(45)47)35-11-9-12-37(28-35)44-30-38-10-3-4-13-39(38)49-43-16-7-8-17-46(43)51-50(44)49/h3-30H,1-2H3. The van der Waals surface area contributed by atoms with Crippen LogP contribution in [0.5, 0.6) is 0 Å². The number of furan rings is 1. The molecular weight excluding hydrogens is 617 g/mol. The van der Waals surface area contributed by atoms with Crippen molar-refractivity contribution in [3.63, 3.8) is 0 Å². The van der Waals surface area contributed by atoms with Gasteiger partial charge in [-0.3, -0.25) is 0 Å². The molecule has 51 heavy (non-hydrogen) atoms. The van der Waals surface area contributed by atoms with Crippen molar-refractivity contribution in [3.8, 4) is 44.5 Å². The van der Waals surface area contributed by atoms with E-state index in [-0.39, 0.29) is 0 Å². The molecule has 10 aromatic rings. The van der Waals surface area contributed by atoms with E-state index in [2.05, 4.69) is 178 Å². The monoisotopic (exact) mass is 650 g/mol. The number of fused-ring (bicyclic) bond motifs is 7. The molecule has 1 nitrogen and oxygen atoms in total. The molecule has 0 bridgehead atoms. The zero-order chi connectivity index (χ0) is 34.1. The number of para-hydroxylation sites is 1. The maximum Gasteiger partial charge on any atom is 0.143 e. The number of hydrogen-bond donors (Lipinski definition) is 0. The highest BCUT2D eigenvalue weighted by Crippen LogP contribution is 2.46. The van der Waals surface area contributed by atoms with Crippen molar-refractivity contribution in [1.29, 1.82) is 0 Å². The lowest BCUT2D eigenvalue weighted by Gasteiger charge is -2.19. The van der Waals surface area contributed by atoms with Gasteiger partial charge in [0, 0.05) is 16.3 Å². The highest BCUT2D eigenvalue weighted by atomic mass is 16.3. The van der Waals surface area contributed by atoms with Crippen LogP contribution in [0.15, 0.2) is 174 Å². The van der Waals surface area contributed by atoms with Crippen LogP contribution in [0.4, 0.5) is 0 Å². The Kier molecular flexibility index (Phi) is 6.69. The van der Waals surface area contributed by atoms with Crippen molar-refractivity contribution >= 4 is 54.3 Å². The van der Waals surface area contributed by atoms with Gasteiger partial charge < -0.3 is 4.42 Å². The average Bonchev–Trinajstić information content (AvgIpc) is 3.57. The molecule has 10 rings (SSSR count). The Balaban J connectivity index is 1.23. The second kappa shape index (κ2) is 11.6. The van der Waals surface area contributed by atoms with Crippen LogP contribution in [0.3, 0.4) is 0 Å². The summed E-state index contributed by atoms with van der Waals surface area (Å²) in [5.41, 5.74) is 14.0. The Bertz CT molecular complexity index is 2960. The number of hydrogen-bond acceptors (Lipinski definition) is 1. The highest BCUT2D eigenvalue weighted by molar-refractivity contribution is 6.23. The van der Waals surface area contributed by atoms with Gasteiger partial charge in [-0.2, -0.15) is 0 Å². The summed E-state index contributed by atoms with van der Waals surface area (Å²) in [5, 5.41) is 9.79. The van der Waals surface area contributed by atoms with Gasteiger partial charge in [0.05, 0.1) is 0 Å². The number of aryl methyl sites for hydroxylation is 2. The molecule has 0 saturated carbocycles. The minimum atomic E-state index is 0.913. The first-order valence-electron chi connectivity index (χ1n) is 17.7. The summed E-state index contributed by atoms with van der Waals surface area (Å²) in [6.07, 6.45) is 0. The molecule has 0 fully saturated rings. The lowest BCUT2D eigenvalue weighted by atomic mass is 9.84. The lowest BCUT2D eigenvalue weighted by Crippen LogP contribution is -1.92. The van der Waals surface area contributed by atoms with E-state index >= 15 is 0 Å². The third kappa shape index (κ3) is 4.77. The molecule has 1 aromatic heterocycles. The van der Waals surface area contributed by atoms with Gasteiger partial charge in [-0.05, 0) is 109 Å². The predicted octanol–water partition coefficient (Wildman–Crippen LogP) is 14.3. The molecule has 240 valence electrons. The minimum Gasteiger partial charge on any atom is -0.455 e. The fraction of sp³-hybridized carbons (Fsp3) is 0.0400. The largest absolute Gasteiger partial charge is 0.455 e. The van der Waals surface area contributed by atoms with Crippen molar-refractivity contribution in [2.45, 2.75) is 13.8 Å². The van der Waals surface area contributed by atoms with Crippen LogP contribution >= 0.6 is 0 Å². The molecule has 0 atom stereocenters. The van der Waals surface area contributed by atoms with Crippen LogP contribution < -0.4 is 0 Å². The zero-order valence-electron chi connectivity index (χ0n) is 28.6. The highest BCUT2D eigenvalue weighted by Gasteiger charge is 2.19. The summed E-state index contributed by atoms with van der Waals surface area (Å²) in [5.74, 6) is 0. The fourth-order valence-electron chi connectivity index (χ4n) is 8.08. The van der Waals surface area contributed by atoms with Gasteiger partial charge in [0.25, 0.3) is 0 Å². The molecule has 0 amide bonds.